The van der Waals surface area contributed by atoms with Crippen LogP contribution in [0.1, 0.15) is 200 Å². The van der Waals surface area contributed by atoms with E-state index in [-0.39, 0.29) is 12.5 Å². The maximum atomic E-state index is 12.4. The molecule has 3 atom stereocenters. The van der Waals surface area contributed by atoms with Crippen LogP contribution in [0.4, 0.5) is 0 Å². The zero-order valence-corrected chi connectivity index (χ0v) is 31.2. The van der Waals surface area contributed by atoms with Crippen LogP contribution in [0.15, 0.2) is 36.5 Å². The number of rotatable bonds is 36. The number of aliphatic hydroxyl groups is 3. The Bertz CT molecular complexity index is 734. The zero-order valence-electron chi connectivity index (χ0n) is 31.2. The van der Waals surface area contributed by atoms with Crippen LogP contribution in [0.2, 0.25) is 0 Å². The first-order valence-electron chi connectivity index (χ1n) is 20.3. The maximum absolute atomic E-state index is 12.4. The number of carbonyl (C=O) groups excluding carboxylic acids is 1. The van der Waals surface area contributed by atoms with E-state index in [4.69, 9.17) is 0 Å². The van der Waals surface area contributed by atoms with Crippen molar-refractivity contribution >= 4 is 5.91 Å². The fourth-order valence-corrected chi connectivity index (χ4v) is 5.99. The molecule has 3 unspecified atom stereocenters. The number of aliphatic hydroxyl groups excluding tert-OH is 3. The van der Waals surface area contributed by atoms with E-state index in [1.165, 1.54) is 128 Å². The molecule has 0 bridgehead atoms. The summed E-state index contributed by atoms with van der Waals surface area (Å²) in [6, 6.07) is -0.832. The lowest BCUT2D eigenvalue weighted by molar-refractivity contribution is -0.124. The predicted molar refractivity (Wildman–Crippen MR) is 204 cm³/mol. The van der Waals surface area contributed by atoms with Gasteiger partial charge in [-0.1, -0.05) is 153 Å². The summed E-state index contributed by atoms with van der Waals surface area (Å²) in [4.78, 5) is 12.4. The molecule has 0 aromatic rings. The van der Waals surface area contributed by atoms with E-state index in [9.17, 15) is 20.1 Å². The monoisotopic (exact) mass is 662 g/mol. The van der Waals surface area contributed by atoms with Crippen LogP contribution in [0, 0.1) is 0 Å². The maximum Gasteiger partial charge on any atom is 0.220 e. The van der Waals surface area contributed by atoms with Gasteiger partial charge in [0.15, 0.2) is 0 Å². The van der Waals surface area contributed by atoms with Crippen molar-refractivity contribution in [2.24, 2.45) is 0 Å². The van der Waals surface area contributed by atoms with Gasteiger partial charge in [-0.25, -0.2) is 0 Å². The van der Waals surface area contributed by atoms with Crippen LogP contribution >= 0.6 is 0 Å². The smallest absolute Gasteiger partial charge is 0.220 e. The molecule has 0 radical (unpaired) electrons. The second kappa shape index (κ2) is 37.4. The first-order valence-corrected chi connectivity index (χ1v) is 20.3. The van der Waals surface area contributed by atoms with E-state index in [1.54, 1.807) is 0 Å². The Hall–Kier alpha value is -1.43. The van der Waals surface area contributed by atoms with Gasteiger partial charge in [-0.3, -0.25) is 4.79 Å². The Morgan fingerprint density at radius 2 is 0.872 bits per heavy atom. The molecule has 0 heterocycles. The molecule has 1 amide bonds. The highest BCUT2D eigenvalue weighted by Gasteiger charge is 2.26. The van der Waals surface area contributed by atoms with Gasteiger partial charge >= 0.3 is 0 Å². The quantitative estimate of drug-likeness (QED) is 0.0397. The molecule has 0 saturated heterocycles. The average molecular weight is 662 g/mol. The lowest BCUT2D eigenvalue weighted by Crippen LogP contribution is -2.50. The van der Waals surface area contributed by atoms with E-state index >= 15 is 0 Å². The van der Waals surface area contributed by atoms with Crippen molar-refractivity contribution in [1.29, 1.82) is 0 Å². The van der Waals surface area contributed by atoms with Crippen LogP contribution in [0.3, 0.4) is 0 Å². The average Bonchev–Trinajstić information content (AvgIpc) is 3.07. The van der Waals surface area contributed by atoms with Crippen LogP contribution in [0.5, 0.6) is 0 Å². The molecule has 0 aliphatic rings. The van der Waals surface area contributed by atoms with E-state index in [1.807, 2.05) is 0 Å². The SMILES string of the molecule is CCCCCC/C=C/CC/C=C/CCCC(O)C(O)C(CO)NC(=O)CCCCCCCCC/C=C\CCCCCCCCCCC. The molecule has 0 aliphatic carbocycles. The molecule has 276 valence electrons. The minimum atomic E-state index is -1.17. The first kappa shape index (κ1) is 45.6. The van der Waals surface area contributed by atoms with Crippen molar-refractivity contribution in [2.45, 2.75) is 218 Å². The molecule has 0 aromatic heterocycles. The molecule has 0 rings (SSSR count). The van der Waals surface area contributed by atoms with Gasteiger partial charge in [-0.15, -0.1) is 0 Å². The van der Waals surface area contributed by atoms with Gasteiger partial charge in [-0.05, 0) is 77.0 Å². The van der Waals surface area contributed by atoms with Gasteiger partial charge < -0.3 is 20.6 Å². The Balaban J connectivity index is 3.70. The normalized spacial score (nSPS) is 14.1. The van der Waals surface area contributed by atoms with Crippen LogP contribution in [-0.4, -0.2) is 46.1 Å². The second-order valence-corrected chi connectivity index (χ2v) is 13.8. The third-order valence-corrected chi connectivity index (χ3v) is 9.19. The Morgan fingerprint density at radius 3 is 1.32 bits per heavy atom. The van der Waals surface area contributed by atoms with Gasteiger partial charge in [0, 0.05) is 6.42 Å². The number of hydrogen-bond acceptors (Lipinski definition) is 4. The summed E-state index contributed by atoms with van der Waals surface area (Å²) in [5.41, 5.74) is 0. The van der Waals surface area contributed by atoms with Gasteiger partial charge in [0.05, 0.1) is 18.8 Å². The second-order valence-electron chi connectivity index (χ2n) is 13.8. The van der Waals surface area contributed by atoms with E-state index in [0.717, 1.165) is 44.9 Å². The number of carbonyl (C=O) groups is 1. The van der Waals surface area contributed by atoms with Crippen LogP contribution in [-0.2, 0) is 4.79 Å². The molecule has 0 aliphatic heterocycles. The number of allylic oxidation sites excluding steroid dienone is 6. The standard InChI is InChI=1S/C42H79NO4/c1-3-5-7-9-11-13-15-17-18-19-20-21-22-23-25-27-29-31-33-35-37-41(46)43-39(38-44)42(47)40(45)36-34-32-30-28-26-24-16-14-12-10-8-6-4-2/h14,16,20-21,28,30,39-40,42,44-45,47H,3-13,15,17-19,22-27,29,31-38H2,1-2H3,(H,43,46)/b16-14+,21-20-,30-28+. The van der Waals surface area contributed by atoms with Crippen LogP contribution < -0.4 is 5.32 Å². The van der Waals surface area contributed by atoms with Crippen molar-refractivity contribution in [1.82, 2.24) is 5.32 Å². The molecule has 0 aromatic carbocycles. The lowest BCUT2D eigenvalue weighted by Gasteiger charge is -2.26. The third kappa shape index (κ3) is 32.9. The highest BCUT2D eigenvalue weighted by Crippen LogP contribution is 2.14. The van der Waals surface area contributed by atoms with E-state index in [0.29, 0.717) is 12.8 Å². The molecule has 0 spiro atoms. The predicted octanol–water partition coefficient (Wildman–Crippen LogP) is 11.2. The zero-order chi connectivity index (χ0) is 34.5. The Morgan fingerprint density at radius 1 is 0.511 bits per heavy atom. The van der Waals surface area contributed by atoms with Gasteiger partial charge in [0.1, 0.15) is 6.10 Å². The van der Waals surface area contributed by atoms with E-state index in [2.05, 4.69) is 55.6 Å². The number of nitrogens with one attached hydrogen (secondary N) is 1. The molecular weight excluding hydrogens is 582 g/mol. The fraction of sp³-hybridized carbons (Fsp3) is 0.833. The first-order chi connectivity index (χ1) is 23.1. The fourth-order valence-electron chi connectivity index (χ4n) is 5.99. The molecule has 5 heteroatoms. The largest absolute Gasteiger partial charge is 0.394 e. The summed E-state index contributed by atoms with van der Waals surface area (Å²) < 4.78 is 0. The van der Waals surface area contributed by atoms with Gasteiger partial charge in [-0.2, -0.15) is 0 Å². The highest BCUT2D eigenvalue weighted by atomic mass is 16.3. The Kier molecular flexibility index (Phi) is 36.3. The minimum Gasteiger partial charge on any atom is -0.394 e. The third-order valence-electron chi connectivity index (χ3n) is 9.19. The van der Waals surface area contributed by atoms with Gasteiger partial charge in [0.25, 0.3) is 0 Å². The minimum absolute atomic E-state index is 0.164. The van der Waals surface area contributed by atoms with Gasteiger partial charge in [0.2, 0.25) is 5.91 Å². The highest BCUT2D eigenvalue weighted by molar-refractivity contribution is 5.76. The lowest BCUT2D eigenvalue weighted by atomic mass is 10.0. The topological polar surface area (TPSA) is 89.8 Å². The summed E-state index contributed by atoms with van der Waals surface area (Å²) in [6.07, 6.45) is 45.3. The van der Waals surface area contributed by atoms with Crippen molar-refractivity contribution in [3.05, 3.63) is 36.5 Å². The summed E-state index contributed by atoms with van der Waals surface area (Å²) in [5.74, 6) is -0.164. The van der Waals surface area contributed by atoms with E-state index < -0.39 is 18.2 Å². The Labute approximate surface area is 292 Å². The number of amides is 1. The summed E-state index contributed by atoms with van der Waals surface area (Å²) >= 11 is 0. The summed E-state index contributed by atoms with van der Waals surface area (Å²) in [7, 11) is 0. The van der Waals surface area contributed by atoms with Crippen molar-refractivity contribution in [3.8, 4) is 0 Å². The molecule has 0 saturated carbocycles. The number of unbranched alkanes of at least 4 members (excludes halogenated alkanes) is 22. The summed E-state index contributed by atoms with van der Waals surface area (Å²) in [6.45, 7) is 4.13. The molecule has 0 fully saturated rings. The molecule has 5 nitrogen and oxygen atoms in total. The van der Waals surface area contributed by atoms with Crippen molar-refractivity contribution < 1.29 is 20.1 Å². The van der Waals surface area contributed by atoms with Crippen molar-refractivity contribution in [2.75, 3.05) is 6.61 Å². The summed E-state index contributed by atoms with van der Waals surface area (Å²) in [5, 5.41) is 33.4. The molecule has 4 N–H and O–H groups in total. The van der Waals surface area contributed by atoms with Crippen LogP contribution in [0.25, 0.3) is 0 Å². The molecular formula is C42H79NO4. The van der Waals surface area contributed by atoms with Crippen molar-refractivity contribution in [3.63, 3.8) is 0 Å². The number of hydrogen-bond donors (Lipinski definition) is 4. The molecule has 47 heavy (non-hydrogen) atoms.